The molecule has 1 aromatic carbocycles. The highest BCUT2D eigenvalue weighted by Crippen LogP contribution is 2.48. The summed E-state index contributed by atoms with van der Waals surface area (Å²) in [5, 5.41) is 10.6. The van der Waals surface area contributed by atoms with E-state index in [0.717, 1.165) is 0 Å². The van der Waals surface area contributed by atoms with Crippen LogP contribution in [0.15, 0.2) is 12.1 Å². The van der Waals surface area contributed by atoms with Crippen molar-refractivity contribution < 1.29 is 38.4 Å². The average Bonchev–Trinajstić information content (AvgIpc) is 2.67. The van der Waals surface area contributed by atoms with Gasteiger partial charge in [-0.1, -0.05) is 0 Å². The first-order valence-corrected chi connectivity index (χ1v) is 8.95. The molecule has 1 N–H and O–H groups in total. The van der Waals surface area contributed by atoms with Crippen LogP contribution in [0.4, 0.5) is 0 Å². The topological polar surface area (TPSA) is 108 Å². The molecule has 0 aromatic heterocycles. The fourth-order valence-electron chi connectivity index (χ4n) is 3.88. The molecule has 8 nitrogen and oxygen atoms in total. The number of aromatic hydroxyl groups is 1. The van der Waals surface area contributed by atoms with Crippen LogP contribution in [0.3, 0.4) is 0 Å². The Balaban J connectivity index is 2.44. The van der Waals surface area contributed by atoms with E-state index in [9.17, 15) is 19.5 Å². The normalized spacial score (nSPS) is 21.7. The summed E-state index contributed by atoms with van der Waals surface area (Å²) < 4.78 is 20.0. The zero-order valence-corrected chi connectivity index (χ0v) is 16.5. The van der Waals surface area contributed by atoms with E-state index in [1.807, 2.05) is 0 Å². The van der Waals surface area contributed by atoms with Gasteiger partial charge in [0.1, 0.15) is 23.0 Å². The predicted molar refractivity (Wildman–Crippen MR) is 98.4 cm³/mol. The van der Waals surface area contributed by atoms with Gasteiger partial charge in [-0.25, -0.2) is 0 Å². The summed E-state index contributed by atoms with van der Waals surface area (Å²) in [6.07, 6.45) is 0.666. The van der Waals surface area contributed by atoms with Gasteiger partial charge in [-0.15, -0.1) is 0 Å². The number of ketones is 1. The molecule has 0 spiro atoms. The Labute approximate surface area is 163 Å². The van der Waals surface area contributed by atoms with Crippen LogP contribution in [0.1, 0.15) is 37.2 Å². The largest absolute Gasteiger partial charge is 0.507 e. The molecule has 1 fully saturated rings. The first-order valence-electron chi connectivity index (χ1n) is 8.95. The summed E-state index contributed by atoms with van der Waals surface area (Å²) in [6.45, 7) is 0. The number of Topliss-reactive ketones (excluding diaryl/α,β-unsaturated/α-hetero) is 1. The third kappa shape index (κ3) is 4.74. The molecule has 1 aromatic rings. The average molecular weight is 394 g/mol. The highest BCUT2D eigenvalue weighted by atomic mass is 16.5. The summed E-state index contributed by atoms with van der Waals surface area (Å²) >= 11 is 0. The monoisotopic (exact) mass is 394 g/mol. The lowest BCUT2D eigenvalue weighted by atomic mass is 9.68. The van der Waals surface area contributed by atoms with Gasteiger partial charge >= 0.3 is 11.9 Å². The van der Waals surface area contributed by atoms with Gasteiger partial charge in [0.05, 0.1) is 34.4 Å². The van der Waals surface area contributed by atoms with Gasteiger partial charge in [-0.05, 0) is 18.3 Å². The van der Waals surface area contributed by atoms with Crippen LogP contribution in [0.25, 0.3) is 0 Å². The lowest BCUT2D eigenvalue weighted by molar-refractivity contribution is -0.143. The molecule has 1 aliphatic carbocycles. The Morgan fingerprint density at radius 2 is 1.68 bits per heavy atom. The van der Waals surface area contributed by atoms with Crippen molar-refractivity contribution in [2.24, 2.45) is 11.8 Å². The SMILES string of the molecule is COC(=O)CC1CC(=O)C(c2c(O)cc(OC)cc2OC)C(CC(=O)OC)C1. The van der Waals surface area contributed by atoms with Crippen molar-refractivity contribution in [3.05, 3.63) is 17.7 Å². The molecule has 28 heavy (non-hydrogen) atoms. The molecule has 2 rings (SSSR count). The minimum atomic E-state index is -0.756. The van der Waals surface area contributed by atoms with E-state index in [-0.39, 0.29) is 36.7 Å². The van der Waals surface area contributed by atoms with Crippen LogP contribution in [0, 0.1) is 11.8 Å². The van der Waals surface area contributed by atoms with Crippen LogP contribution in [0.2, 0.25) is 0 Å². The van der Waals surface area contributed by atoms with Crippen molar-refractivity contribution in [3.63, 3.8) is 0 Å². The van der Waals surface area contributed by atoms with Crippen molar-refractivity contribution in [2.75, 3.05) is 28.4 Å². The first-order chi connectivity index (χ1) is 13.3. The van der Waals surface area contributed by atoms with E-state index in [0.29, 0.717) is 23.5 Å². The van der Waals surface area contributed by atoms with Crippen molar-refractivity contribution in [1.29, 1.82) is 0 Å². The summed E-state index contributed by atoms with van der Waals surface area (Å²) in [6, 6.07) is 2.99. The van der Waals surface area contributed by atoms with Crippen molar-refractivity contribution in [3.8, 4) is 17.2 Å². The third-order valence-corrected chi connectivity index (χ3v) is 5.14. The van der Waals surface area contributed by atoms with E-state index in [4.69, 9.17) is 18.9 Å². The van der Waals surface area contributed by atoms with Crippen LogP contribution in [-0.4, -0.2) is 51.3 Å². The summed E-state index contributed by atoms with van der Waals surface area (Å²) in [7, 11) is 5.46. The second-order valence-electron chi connectivity index (χ2n) is 6.83. The zero-order valence-electron chi connectivity index (χ0n) is 16.5. The number of methoxy groups -OCH3 is 4. The molecule has 0 amide bonds. The maximum atomic E-state index is 13.0. The van der Waals surface area contributed by atoms with Crippen LogP contribution < -0.4 is 9.47 Å². The number of esters is 2. The molecule has 3 atom stereocenters. The summed E-state index contributed by atoms with van der Waals surface area (Å²) in [5.74, 6) is -1.94. The van der Waals surface area contributed by atoms with Gasteiger partial charge in [-0.3, -0.25) is 14.4 Å². The molecular weight excluding hydrogens is 368 g/mol. The van der Waals surface area contributed by atoms with Gasteiger partial charge in [-0.2, -0.15) is 0 Å². The molecule has 0 saturated heterocycles. The van der Waals surface area contributed by atoms with Gasteiger partial charge in [0.2, 0.25) is 0 Å². The third-order valence-electron chi connectivity index (χ3n) is 5.14. The Morgan fingerprint density at radius 3 is 2.25 bits per heavy atom. The number of hydrogen-bond donors (Lipinski definition) is 1. The number of carbonyl (C=O) groups excluding carboxylic acids is 3. The molecule has 1 saturated carbocycles. The standard InChI is InChI=1S/C20H26O8/c1-25-13-9-15(22)20(16(10-13)26-2)19-12(8-18(24)28-4)5-11(6-14(19)21)7-17(23)27-3/h9-12,19,22H,5-8H2,1-4H3. The van der Waals surface area contributed by atoms with Crippen LogP contribution in [0.5, 0.6) is 17.2 Å². The molecular formula is C20H26O8. The molecule has 8 heteroatoms. The summed E-state index contributed by atoms with van der Waals surface area (Å²) in [4.78, 5) is 36.6. The van der Waals surface area contributed by atoms with E-state index >= 15 is 0 Å². The van der Waals surface area contributed by atoms with Gasteiger partial charge < -0.3 is 24.1 Å². The molecule has 0 bridgehead atoms. The number of hydrogen-bond acceptors (Lipinski definition) is 8. The number of rotatable bonds is 7. The lowest BCUT2D eigenvalue weighted by Crippen LogP contribution is -2.34. The van der Waals surface area contributed by atoms with E-state index in [1.54, 1.807) is 6.07 Å². The molecule has 0 heterocycles. The molecule has 0 aliphatic heterocycles. The molecule has 3 unspecified atom stereocenters. The zero-order chi connectivity index (χ0) is 20.8. The highest BCUT2D eigenvalue weighted by Gasteiger charge is 2.42. The number of benzene rings is 1. The maximum Gasteiger partial charge on any atom is 0.305 e. The second kappa shape index (κ2) is 9.43. The van der Waals surface area contributed by atoms with Gasteiger partial charge in [0.25, 0.3) is 0 Å². The van der Waals surface area contributed by atoms with E-state index in [1.165, 1.54) is 34.5 Å². The lowest BCUT2D eigenvalue weighted by Gasteiger charge is -2.35. The van der Waals surface area contributed by atoms with E-state index < -0.39 is 23.8 Å². The van der Waals surface area contributed by atoms with E-state index in [2.05, 4.69) is 0 Å². The molecule has 1 aliphatic rings. The van der Waals surface area contributed by atoms with Gasteiger partial charge in [0, 0.05) is 37.0 Å². The fourth-order valence-corrected chi connectivity index (χ4v) is 3.88. The number of phenolic OH excluding ortho intramolecular Hbond substituents is 1. The number of carbonyl (C=O) groups is 3. The quantitative estimate of drug-likeness (QED) is 0.701. The minimum absolute atomic E-state index is 0.0147. The minimum Gasteiger partial charge on any atom is -0.507 e. The number of ether oxygens (including phenoxy) is 4. The fraction of sp³-hybridized carbons (Fsp3) is 0.550. The van der Waals surface area contributed by atoms with Gasteiger partial charge in [0.15, 0.2) is 0 Å². The Hall–Kier alpha value is -2.77. The highest BCUT2D eigenvalue weighted by molar-refractivity contribution is 5.90. The number of phenols is 1. The van der Waals surface area contributed by atoms with Crippen molar-refractivity contribution in [2.45, 2.75) is 31.6 Å². The predicted octanol–water partition coefficient (Wildman–Crippen LogP) is 2.21. The first kappa shape index (κ1) is 21.5. The Kier molecular flexibility index (Phi) is 7.25. The van der Waals surface area contributed by atoms with Crippen LogP contribution in [-0.2, 0) is 23.9 Å². The smallest absolute Gasteiger partial charge is 0.305 e. The Morgan fingerprint density at radius 1 is 1.04 bits per heavy atom. The van der Waals surface area contributed by atoms with Crippen molar-refractivity contribution in [1.82, 2.24) is 0 Å². The van der Waals surface area contributed by atoms with Crippen LogP contribution >= 0.6 is 0 Å². The summed E-state index contributed by atoms with van der Waals surface area (Å²) in [5.41, 5.74) is 0.318. The molecule has 0 radical (unpaired) electrons. The molecule has 154 valence electrons. The van der Waals surface area contributed by atoms with Crippen molar-refractivity contribution >= 4 is 17.7 Å². The second-order valence-corrected chi connectivity index (χ2v) is 6.83. The maximum absolute atomic E-state index is 13.0. The Bertz CT molecular complexity index is 742.